The van der Waals surface area contributed by atoms with Crippen LogP contribution in [0.4, 0.5) is 4.79 Å². The number of rotatable bonds is 8. The average Bonchev–Trinajstić information content (AvgIpc) is 3.22. The van der Waals surface area contributed by atoms with Gasteiger partial charge in [0.15, 0.2) is 0 Å². The Morgan fingerprint density at radius 3 is 2.67 bits per heavy atom. The summed E-state index contributed by atoms with van der Waals surface area (Å²) >= 11 is 0. The molecule has 0 saturated carbocycles. The maximum Gasteiger partial charge on any atom is 0.317 e. The Balaban J connectivity index is 1.44. The van der Waals surface area contributed by atoms with Crippen molar-refractivity contribution < 1.29 is 14.3 Å². The van der Waals surface area contributed by atoms with Crippen LogP contribution in [-0.2, 0) is 17.8 Å². The van der Waals surface area contributed by atoms with Crippen LogP contribution in [0.2, 0.25) is 0 Å². The molecule has 6 heteroatoms. The standard InChI is InChI=1S/C24H31N3O3/c1-26(18-19-8-4-3-5-9-19)24(29)25-14-13-23(28)27-15-7-11-21(27)16-20-10-6-12-22(17-20)30-2/h3-6,8-10,12,17,21H,7,11,13-16,18H2,1-2H3,(H,25,29). The molecule has 160 valence electrons. The summed E-state index contributed by atoms with van der Waals surface area (Å²) in [4.78, 5) is 28.6. The molecule has 0 aromatic heterocycles. The van der Waals surface area contributed by atoms with E-state index in [1.807, 2.05) is 53.4 Å². The third-order valence-electron chi connectivity index (χ3n) is 5.53. The van der Waals surface area contributed by atoms with E-state index in [9.17, 15) is 9.59 Å². The molecule has 1 aliphatic rings. The van der Waals surface area contributed by atoms with E-state index in [-0.39, 0.29) is 18.0 Å². The predicted molar refractivity (Wildman–Crippen MR) is 117 cm³/mol. The molecule has 2 aromatic rings. The lowest BCUT2D eigenvalue weighted by molar-refractivity contribution is -0.131. The van der Waals surface area contributed by atoms with E-state index in [4.69, 9.17) is 4.74 Å². The van der Waals surface area contributed by atoms with Gasteiger partial charge in [0.25, 0.3) is 0 Å². The van der Waals surface area contributed by atoms with E-state index < -0.39 is 0 Å². The Morgan fingerprint density at radius 1 is 1.13 bits per heavy atom. The maximum absolute atomic E-state index is 12.7. The van der Waals surface area contributed by atoms with Gasteiger partial charge in [-0.15, -0.1) is 0 Å². The monoisotopic (exact) mass is 409 g/mol. The second-order valence-electron chi connectivity index (χ2n) is 7.76. The molecule has 0 bridgehead atoms. The highest BCUT2D eigenvalue weighted by Gasteiger charge is 2.28. The molecular formula is C24H31N3O3. The highest BCUT2D eigenvalue weighted by Crippen LogP contribution is 2.23. The number of amides is 3. The molecule has 0 spiro atoms. The molecule has 1 unspecified atom stereocenters. The maximum atomic E-state index is 12.7. The molecule has 30 heavy (non-hydrogen) atoms. The Hall–Kier alpha value is -3.02. The van der Waals surface area contributed by atoms with E-state index in [0.717, 1.165) is 37.1 Å². The fourth-order valence-electron chi connectivity index (χ4n) is 3.93. The fourth-order valence-corrected chi connectivity index (χ4v) is 3.93. The van der Waals surface area contributed by atoms with Gasteiger partial charge in [-0.3, -0.25) is 4.79 Å². The van der Waals surface area contributed by atoms with Gasteiger partial charge in [0.1, 0.15) is 5.75 Å². The normalized spacial score (nSPS) is 15.7. The third kappa shape index (κ3) is 5.99. The lowest BCUT2D eigenvalue weighted by atomic mass is 10.0. The quantitative estimate of drug-likeness (QED) is 0.726. The van der Waals surface area contributed by atoms with Gasteiger partial charge < -0.3 is 19.9 Å². The van der Waals surface area contributed by atoms with Crippen LogP contribution in [0.25, 0.3) is 0 Å². The lowest BCUT2D eigenvalue weighted by Gasteiger charge is -2.25. The number of carbonyl (C=O) groups is 2. The highest BCUT2D eigenvalue weighted by atomic mass is 16.5. The topological polar surface area (TPSA) is 61.9 Å². The third-order valence-corrected chi connectivity index (χ3v) is 5.53. The largest absolute Gasteiger partial charge is 0.497 e. The number of hydrogen-bond donors (Lipinski definition) is 1. The highest BCUT2D eigenvalue weighted by molar-refractivity contribution is 5.78. The van der Waals surface area contributed by atoms with Crippen LogP contribution in [0.1, 0.15) is 30.4 Å². The van der Waals surface area contributed by atoms with Gasteiger partial charge >= 0.3 is 6.03 Å². The van der Waals surface area contributed by atoms with Crippen LogP contribution >= 0.6 is 0 Å². The van der Waals surface area contributed by atoms with Crippen molar-refractivity contribution in [1.82, 2.24) is 15.1 Å². The number of hydrogen-bond acceptors (Lipinski definition) is 3. The zero-order valence-electron chi connectivity index (χ0n) is 17.8. The Bertz CT molecular complexity index is 841. The van der Waals surface area contributed by atoms with Crippen molar-refractivity contribution in [2.24, 2.45) is 0 Å². The average molecular weight is 410 g/mol. The molecule has 1 N–H and O–H groups in total. The van der Waals surface area contributed by atoms with Crippen LogP contribution in [0.5, 0.6) is 5.75 Å². The Kier molecular flexibility index (Phi) is 7.71. The minimum Gasteiger partial charge on any atom is -0.497 e. The van der Waals surface area contributed by atoms with Crippen molar-refractivity contribution in [2.75, 3.05) is 27.2 Å². The summed E-state index contributed by atoms with van der Waals surface area (Å²) in [5.41, 5.74) is 2.25. The lowest BCUT2D eigenvalue weighted by Crippen LogP contribution is -2.41. The number of benzene rings is 2. The predicted octanol–water partition coefficient (Wildman–Crippen LogP) is 3.46. The summed E-state index contributed by atoms with van der Waals surface area (Å²) in [6.45, 7) is 1.67. The molecule has 1 fully saturated rings. The van der Waals surface area contributed by atoms with Crippen molar-refractivity contribution in [3.05, 3.63) is 65.7 Å². The molecule has 2 aromatic carbocycles. The van der Waals surface area contributed by atoms with E-state index in [1.165, 1.54) is 5.56 Å². The second kappa shape index (κ2) is 10.7. The SMILES string of the molecule is COc1cccc(CC2CCCN2C(=O)CCNC(=O)N(C)Cc2ccccc2)c1. The first-order valence-electron chi connectivity index (χ1n) is 10.5. The number of ether oxygens (including phenoxy) is 1. The zero-order chi connectivity index (χ0) is 21.3. The van der Waals surface area contributed by atoms with Crippen molar-refractivity contribution >= 4 is 11.9 Å². The van der Waals surface area contributed by atoms with Crippen molar-refractivity contribution in [3.8, 4) is 5.75 Å². The summed E-state index contributed by atoms with van der Waals surface area (Å²) in [6.07, 6.45) is 3.18. The molecule has 0 aliphatic carbocycles. The zero-order valence-corrected chi connectivity index (χ0v) is 17.8. The van der Waals surface area contributed by atoms with Crippen LogP contribution in [0.15, 0.2) is 54.6 Å². The first-order valence-corrected chi connectivity index (χ1v) is 10.5. The van der Waals surface area contributed by atoms with E-state index >= 15 is 0 Å². The molecule has 6 nitrogen and oxygen atoms in total. The van der Waals surface area contributed by atoms with Gasteiger partial charge in [-0.05, 0) is 42.5 Å². The minimum atomic E-state index is -0.166. The molecular weight excluding hydrogens is 378 g/mol. The number of carbonyl (C=O) groups excluding carboxylic acids is 2. The minimum absolute atomic E-state index is 0.103. The van der Waals surface area contributed by atoms with Crippen LogP contribution in [0, 0.1) is 0 Å². The summed E-state index contributed by atoms with van der Waals surface area (Å²) in [7, 11) is 3.42. The molecule has 1 saturated heterocycles. The van der Waals surface area contributed by atoms with Crippen molar-refractivity contribution in [2.45, 2.75) is 38.3 Å². The molecule has 3 amide bonds. The number of likely N-dealkylation sites (tertiary alicyclic amines) is 1. The van der Waals surface area contributed by atoms with Gasteiger partial charge in [-0.1, -0.05) is 42.5 Å². The Morgan fingerprint density at radius 2 is 1.90 bits per heavy atom. The first kappa shape index (κ1) is 21.7. The molecule has 1 atom stereocenters. The van der Waals surface area contributed by atoms with Crippen LogP contribution in [-0.4, -0.2) is 55.0 Å². The van der Waals surface area contributed by atoms with E-state index in [2.05, 4.69) is 11.4 Å². The fraction of sp³-hybridized carbons (Fsp3) is 0.417. The molecule has 1 heterocycles. The summed E-state index contributed by atoms with van der Waals surface area (Å²) < 4.78 is 5.30. The number of methoxy groups -OCH3 is 1. The van der Waals surface area contributed by atoms with Crippen LogP contribution in [0.3, 0.4) is 0 Å². The Labute approximate surface area is 178 Å². The molecule has 0 radical (unpaired) electrons. The number of nitrogens with one attached hydrogen (secondary N) is 1. The number of urea groups is 1. The smallest absolute Gasteiger partial charge is 0.317 e. The molecule has 3 rings (SSSR count). The van der Waals surface area contributed by atoms with Crippen LogP contribution < -0.4 is 10.1 Å². The van der Waals surface area contributed by atoms with Gasteiger partial charge in [-0.25, -0.2) is 4.79 Å². The molecule has 1 aliphatic heterocycles. The van der Waals surface area contributed by atoms with Gasteiger partial charge in [0.2, 0.25) is 5.91 Å². The van der Waals surface area contributed by atoms with Gasteiger partial charge in [-0.2, -0.15) is 0 Å². The van der Waals surface area contributed by atoms with E-state index in [1.54, 1.807) is 19.1 Å². The summed E-state index contributed by atoms with van der Waals surface area (Å²) in [5.74, 6) is 0.942. The van der Waals surface area contributed by atoms with Crippen molar-refractivity contribution in [1.29, 1.82) is 0 Å². The van der Waals surface area contributed by atoms with E-state index in [0.29, 0.717) is 19.5 Å². The van der Waals surface area contributed by atoms with Gasteiger partial charge in [0, 0.05) is 39.1 Å². The second-order valence-corrected chi connectivity index (χ2v) is 7.76. The summed E-state index contributed by atoms with van der Waals surface area (Å²) in [6, 6.07) is 17.9. The number of nitrogens with zero attached hydrogens (tertiary/aromatic N) is 2. The van der Waals surface area contributed by atoms with Crippen molar-refractivity contribution in [3.63, 3.8) is 0 Å². The summed E-state index contributed by atoms with van der Waals surface area (Å²) in [5, 5.41) is 2.86. The van der Waals surface area contributed by atoms with Gasteiger partial charge in [0.05, 0.1) is 7.11 Å². The first-order chi connectivity index (χ1) is 14.6.